The smallest absolute Gasteiger partial charge is 0.317 e. The largest absolute Gasteiger partial charge is 0.361 e. The maximum atomic E-state index is 12.5. The summed E-state index contributed by atoms with van der Waals surface area (Å²) < 4.78 is 11.0. The Morgan fingerprint density at radius 3 is 3.07 bits per heavy atom. The van der Waals surface area contributed by atoms with Crippen molar-refractivity contribution in [2.75, 3.05) is 33.3 Å². The number of carbonyl (C=O) groups is 2. The normalized spacial score (nSPS) is 22.5. The number of amides is 3. The molecular formula is C18H21N5O4. The Labute approximate surface area is 156 Å². The molecule has 2 saturated heterocycles. The molecule has 4 rings (SSSR count). The number of pyridine rings is 1. The van der Waals surface area contributed by atoms with Crippen LogP contribution in [0.2, 0.25) is 0 Å². The van der Waals surface area contributed by atoms with E-state index in [9.17, 15) is 9.59 Å². The minimum Gasteiger partial charge on any atom is -0.361 e. The molecule has 0 aromatic carbocycles. The molecule has 2 aromatic heterocycles. The van der Waals surface area contributed by atoms with Gasteiger partial charge < -0.3 is 24.4 Å². The molecule has 27 heavy (non-hydrogen) atoms. The molecule has 0 aliphatic carbocycles. The van der Waals surface area contributed by atoms with Crippen molar-refractivity contribution in [1.29, 1.82) is 0 Å². The molecule has 142 valence electrons. The summed E-state index contributed by atoms with van der Waals surface area (Å²) in [6.07, 6.45) is 4.11. The van der Waals surface area contributed by atoms with Crippen LogP contribution in [0.25, 0.3) is 11.3 Å². The van der Waals surface area contributed by atoms with Crippen molar-refractivity contribution in [3.05, 3.63) is 36.4 Å². The summed E-state index contributed by atoms with van der Waals surface area (Å²) in [5.41, 5.74) is 1.07. The van der Waals surface area contributed by atoms with Crippen molar-refractivity contribution < 1.29 is 18.8 Å². The third-order valence-corrected chi connectivity index (χ3v) is 4.99. The monoisotopic (exact) mass is 371 g/mol. The number of aromatic nitrogens is 2. The van der Waals surface area contributed by atoms with Crippen LogP contribution >= 0.6 is 0 Å². The Kier molecular flexibility index (Phi) is 4.53. The van der Waals surface area contributed by atoms with Gasteiger partial charge >= 0.3 is 6.03 Å². The summed E-state index contributed by atoms with van der Waals surface area (Å²) in [7, 11) is 1.76. The van der Waals surface area contributed by atoms with Gasteiger partial charge in [-0.15, -0.1) is 0 Å². The molecule has 9 nitrogen and oxygen atoms in total. The molecule has 1 N–H and O–H groups in total. The van der Waals surface area contributed by atoms with Gasteiger partial charge in [-0.25, -0.2) is 4.79 Å². The van der Waals surface area contributed by atoms with Crippen LogP contribution < -0.4 is 5.32 Å². The first-order chi connectivity index (χ1) is 13.0. The zero-order chi connectivity index (χ0) is 18.9. The molecule has 0 bridgehead atoms. The van der Waals surface area contributed by atoms with Crippen LogP contribution in [0.5, 0.6) is 0 Å². The molecule has 1 spiro atoms. The number of morpholine rings is 1. The van der Waals surface area contributed by atoms with Crippen molar-refractivity contribution in [1.82, 2.24) is 25.3 Å². The van der Waals surface area contributed by atoms with Gasteiger partial charge in [0.2, 0.25) is 5.91 Å². The SMILES string of the molecule is CN1C[C@@]2(CCN(C(=O)NCc3cc(-c4cccnc4)no3)C2)OCC1=O. The molecule has 0 unspecified atom stereocenters. The number of nitrogens with zero attached hydrogens (tertiary/aromatic N) is 4. The fraction of sp³-hybridized carbons (Fsp3) is 0.444. The van der Waals surface area contributed by atoms with E-state index in [0.29, 0.717) is 37.5 Å². The van der Waals surface area contributed by atoms with E-state index in [1.54, 1.807) is 35.3 Å². The van der Waals surface area contributed by atoms with Crippen molar-refractivity contribution in [3.63, 3.8) is 0 Å². The van der Waals surface area contributed by atoms with Gasteiger partial charge in [0.25, 0.3) is 0 Å². The highest BCUT2D eigenvalue weighted by atomic mass is 16.5. The van der Waals surface area contributed by atoms with Crippen LogP contribution in [0, 0.1) is 0 Å². The van der Waals surface area contributed by atoms with Gasteiger partial charge in [0, 0.05) is 37.6 Å². The van der Waals surface area contributed by atoms with Crippen LogP contribution in [0.4, 0.5) is 4.79 Å². The summed E-state index contributed by atoms with van der Waals surface area (Å²) >= 11 is 0. The van der Waals surface area contributed by atoms with Crippen LogP contribution in [0.3, 0.4) is 0 Å². The molecule has 3 amide bonds. The van der Waals surface area contributed by atoms with Crippen molar-refractivity contribution in [2.45, 2.75) is 18.6 Å². The number of urea groups is 1. The Hall–Kier alpha value is -2.94. The maximum Gasteiger partial charge on any atom is 0.317 e. The number of carbonyl (C=O) groups excluding carboxylic acids is 2. The second kappa shape index (κ2) is 6.99. The molecular weight excluding hydrogens is 350 g/mol. The van der Waals surface area contributed by atoms with E-state index < -0.39 is 5.60 Å². The second-order valence-corrected chi connectivity index (χ2v) is 6.97. The predicted molar refractivity (Wildman–Crippen MR) is 94.5 cm³/mol. The number of hydrogen-bond donors (Lipinski definition) is 1. The highest BCUT2D eigenvalue weighted by Gasteiger charge is 2.45. The number of rotatable bonds is 3. The maximum absolute atomic E-state index is 12.5. The lowest BCUT2D eigenvalue weighted by atomic mass is 10.0. The van der Waals surface area contributed by atoms with Gasteiger partial charge in [-0.2, -0.15) is 0 Å². The second-order valence-electron chi connectivity index (χ2n) is 6.97. The van der Waals surface area contributed by atoms with E-state index in [1.165, 1.54) is 0 Å². The fourth-order valence-corrected chi connectivity index (χ4v) is 3.48. The lowest BCUT2D eigenvalue weighted by Crippen LogP contribution is -2.55. The average molecular weight is 371 g/mol. The molecule has 2 fully saturated rings. The van der Waals surface area contributed by atoms with Gasteiger partial charge in [-0.05, 0) is 18.6 Å². The van der Waals surface area contributed by atoms with Gasteiger partial charge in [0.05, 0.1) is 19.6 Å². The van der Waals surface area contributed by atoms with Gasteiger partial charge in [0.15, 0.2) is 5.76 Å². The summed E-state index contributed by atoms with van der Waals surface area (Å²) in [6.45, 7) is 1.88. The fourth-order valence-electron chi connectivity index (χ4n) is 3.48. The third-order valence-electron chi connectivity index (χ3n) is 4.99. The summed E-state index contributed by atoms with van der Waals surface area (Å²) in [6, 6.07) is 5.32. The standard InChI is InChI=1S/C18H21N5O4/c1-22-11-18(26-10-16(22)24)4-6-23(12-18)17(25)20-9-14-7-15(21-27-14)13-3-2-5-19-8-13/h2-3,5,7-8H,4,6,9-12H2,1H3,(H,20,25)/t18-/m1/s1. The molecule has 1 atom stereocenters. The highest BCUT2D eigenvalue weighted by Crippen LogP contribution is 2.29. The number of likely N-dealkylation sites (N-methyl/N-ethyl adjacent to an activating group) is 1. The number of hydrogen-bond acceptors (Lipinski definition) is 6. The van der Waals surface area contributed by atoms with Crippen LogP contribution in [0.15, 0.2) is 35.1 Å². The first-order valence-electron chi connectivity index (χ1n) is 8.81. The third kappa shape index (κ3) is 3.63. The summed E-state index contributed by atoms with van der Waals surface area (Å²) in [5.74, 6) is 0.536. The Morgan fingerprint density at radius 2 is 2.30 bits per heavy atom. The van der Waals surface area contributed by atoms with Crippen LogP contribution in [-0.4, -0.2) is 70.8 Å². The lowest BCUT2D eigenvalue weighted by molar-refractivity contribution is -0.158. The molecule has 2 aliphatic rings. The minimum absolute atomic E-state index is 0.0294. The topological polar surface area (TPSA) is 101 Å². The zero-order valence-corrected chi connectivity index (χ0v) is 15.1. The van der Waals surface area contributed by atoms with Crippen LogP contribution in [-0.2, 0) is 16.1 Å². The lowest BCUT2D eigenvalue weighted by Gasteiger charge is -2.38. The van der Waals surface area contributed by atoms with Gasteiger partial charge in [-0.1, -0.05) is 5.16 Å². The Morgan fingerprint density at radius 1 is 1.41 bits per heavy atom. The van der Waals surface area contributed by atoms with E-state index in [-0.39, 0.29) is 25.1 Å². The number of ether oxygens (including phenoxy) is 1. The molecule has 0 saturated carbocycles. The van der Waals surface area contributed by atoms with Gasteiger partial charge in [0.1, 0.15) is 17.9 Å². The molecule has 9 heteroatoms. The van der Waals surface area contributed by atoms with E-state index in [0.717, 1.165) is 5.56 Å². The quantitative estimate of drug-likeness (QED) is 0.860. The highest BCUT2D eigenvalue weighted by molar-refractivity contribution is 5.78. The van der Waals surface area contributed by atoms with Crippen LogP contribution in [0.1, 0.15) is 12.2 Å². The minimum atomic E-state index is -0.459. The number of likely N-dealkylation sites (tertiary alicyclic amines) is 1. The van der Waals surface area contributed by atoms with Crippen molar-refractivity contribution in [2.24, 2.45) is 0 Å². The predicted octanol–water partition coefficient (Wildman–Crippen LogP) is 0.879. The first kappa shape index (κ1) is 17.5. The molecule has 2 aliphatic heterocycles. The van der Waals surface area contributed by atoms with Crippen molar-refractivity contribution in [3.8, 4) is 11.3 Å². The summed E-state index contributed by atoms with van der Waals surface area (Å²) in [4.78, 5) is 31.5. The Balaban J connectivity index is 1.32. The van der Waals surface area contributed by atoms with Gasteiger partial charge in [-0.3, -0.25) is 9.78 Å². The summed E-state index contributed by atoms with van der Waals surface area (Å²) in [5, 5.41) is 6.86. The molecule has 2 aromatic rings. The average Bonchev–Trinajstić information content (AvgIpc) is 3.32. The molecule has 4 heterocycles. The Bertz CT molecular complexity index is 839. The van der Waals surface area contributed by atoms with E-state index >= 15 is 0 Å². The molecule has 0 radical (unpaired) electrons. The van der Waals surface area contributed by atoms with E-state index in [1.807, 2.05) is 12.1 Å². The van der Waals surface area contributed by atoms with E-state index in [2.05, 4.69) is 15.5 Å². The first-order valence-corrected chi connectivity index (χ1v) is 8.81. The number of nitrogens with one attached hydrogen (secondary N) is 1. The van der Waals surface area contributed by atoms with E-state index in [4.69, 9.17) is 9.26 Å². The zero-order valence-electron chi connectivity index (χ0n) is 15.1. The van der Waals surface area contributed by atoms with Crippen molar-refractivity contribution >= 4 is 11.9 Å².